The van der Waals surface area contributed by atoms with Gasteiger partial charge in [0.2, 0.25) is 0 Å². The Hall–Kier alpha value is -2.76. The van der Waals surface area contributed by atoms with Crippen LogP contribution in [0, 0.1) is 17.6 Å². The molecule has 3 aliphatic rings. The highest BCUT2D eigenvalue weighted by Gasteiger charge is 2.38. The lowest BCUT2D eigenvalue weighted by atomic mass is 9.97. The number of hydrogen-bond acceptors (Lipinski definition) is 5. The topological polar surface area (TPSA) is 59.1 Å². The molecule has 0 radical (unpaired) electrons. The van der Waals surface area contributed by atoms with Crippen molar-refractivity contribution >= 4 is 23.8 Å². The van der Waals surface area contributed by atoms with Gasteiger partial charge < -0.3 is 19.2 Å². The Balaban J connectivity index is 1.21. The van der Waals surface area contributed by atoms with E-state index in [9.17, 15) is 27.2 Å². The first kappa shape index (κ1) is 29.7. The predicted molar refractivity (Wildman–Crippen MR) is 140 cm³/mol. The number of alkyl halides is 3. The summed E-state index contributed by atoms with van der Waals surface area (Å²) in [4.78, 5) is 27.6. The van der Waals surface area contributed by atoms with Gasteiger partial charge in [0, 0.05) is 18.2 Å². The SMILES string of the molecule is C[C@H]1OCN(C(=O)c2cc(C3CC3)c(OCC3CCN(Cc4cc(C(F)(F)F)cc(Cl)c4F)CC3)cc2F)[C@@H]1C=O. The fraction of sp³-hybridized carbons (Fsp3) is 0.517. The Morgan fingerprint density at radius 1 is 1.12 bits per heavy atom. The van der Waals surface area contributed by atoms with Gasteiger partial charge in [-0.2, -0.15) is 13.2 Å². The molecule has 1 saturated carbocycles. The average Bonchev–Trinajstić information content (AvgIpc) is 3.70. The van der Waals surface area contributed by atoms with Crippen molar-refractivity contribution in [2.24, 2.45) is 5.92 Å². The minimum absolute atomic E-state index is 0.00137. The zero-order valence-corrected chi connectivity index (χ0v) is 23.1. The van der Waals surface area contributed by atoms with Gasteiger partial charge in [0.05, 0.1) is 28.9 Å². The number of ether oxygens (including phenoxy) is 2. The molecule has 0 aromatic heterocycles. The van der Waals surface area contributed by atoms with E-state index in [1.54, 1.807) is 6.92 Å². The maximum Gasteiger partial charge on any atom is 0.416 e. The molecule has 2 aromatic rings. The highest BCUT2D eigenvalue weighted by molar-refractivity contribution is 6.30. The van der Waals surface area contributed by atoms with E-state index in [-0.39, 0.29) is 36.2 Å². The van der Waals surface area contributed by atoms with Crippen LogP contribution in [-0.2, 0) is 22.3 Å². The van der Waals surface area contributed by atoms with Crippen molar-refractivity contribution in [1.29, 1.82) is 0 Å². The summed E-state index contributed by atoms with van der Waals surface area (Å²) in [6.45, 7) is 2.93. The molecular weight excluding hydrogens is 571 g/mol. The van der Waals surface area contributed by atoms with Crippen molar-refractivity contribution in [3.8, 4) is 5.75 Å². The van der Waals surface area contributed by atoms with E-state index in [1.807, 2.05) is 4.90 Å². The van der Waals surface area contributed by atoms with Gasteiger partial charge in [0.1, 0.15) is 36.4 Å². The predicted octanol–water partition coefficient (Wildman–Crippen LogP) is 6.19. The fourth-order valence-corrected chi connectivity index (χ4v) is 5.67. The quantitative estimate of drug-likeness (QED) is 0.267. The second-order valence-corrected chi connectivity index (χ2v) is 11.4. The van der Waals surface area contributed by atoms with Crippen LogP contribution in [0.5, 0.6) is 5.75 Å². The summed E-state index contributed by atoms with van der Waals surface area (Å²) in [6.07, 6.45) is -1.36. The van der Waals surface area contributed by atoms with Gasteiger partial charge in [-0.1, -0.05) is 11.6 Å². The van der Waals surface area contributed by atoms with Crippen molar-refractivity contribution in [3.63, 3.8) is 0 Å². The number of nitrogens with zero attached hydrogens (tertiary/aromatic N) is 2. The maximum absolute atomic E-state index is 15.2. The Morgan fingerprint density at radius 3 is 2.46 bits per heavy atom. The van der Waals surface area contributed by atoms with Crippen LogP contribution in [0.3, 0.4) is 0 Å². The number of rotatable bonds is 8. The van der Waals surface area contributed by atoms with Gasteiger partial charge >= 0.3 is 6.18 Å². The monoisotopic (exact) mass is 600 g/mol. The molecule has 2 aliphatic heterocycles. The third-order valence-electron chi connectivity index (χ3n) is 8.07. The largest absolute Gasteiger partial charge is 0.493 e. The normalized spacial score (nSPS) is 22.3. The number of benzene rings is 2. The van der Waals surface area contributed by atoms with Crippen molar-refractivity contribution in [1.82, 2.24) is 9.80 Å². The van der Waals surface area contributed by atoms with Crippen LogP contribution < -0.4 is 4.74 Å². The molecule has 2 heterocycles. The Kier molecular flexibility index (Phi) is 8.59. The van der Waals surface area contributed by atoms with E-state index in [0.717, 1.165) is 24.5 Å². The van der Waals surface area contributed by atoms with Crippen molar-refractivity contribution in [3.05, 3.63) is 63.2 Å². The summed E-state index contributed by atoms with van der Waals surface area (Å²) in [5.74, 6) is -1.56. The first-order valence-corrected chi connectivity index (χ1v) is 14.0. The Labute approximate surface area is 239 Å². The third-order valence-corrected chi connectivity index (χ3v) is 8.35. The van der Waals surface area contributed by atoms with Crippen LogP contribution in [0.2, 0.25) is 5.02 Å². The molecule has 2 aromatic carbocycles. The number of halogens is 6. The number of hydrogen-bond donors (Lipinski definition) is 0. The molecule has 1 aliphatic carbocycles. The minimum atomic E-state index is -4.63. The van der Waals surface area contributed by atoms with Gasteiger partial charge in [-0.3, -0.25) is 9.69 Å². The van der Waals surface area contributed by atoms with E-state index in [4.69, 9.17) is 21.1 Å². The van der Waals surface area contributed by atoms with Gasteiger partial charge in [0.15, 0.2) is 0 Å². The summed E-state index contributed by atoms with van der Waals surface area (Å²) in [5.41, 5.74) is -0.465. The molecule has 2 atom stereocenters. The van der Waals surface area contributed by atoms with E-state index in [0.29, 0.717) is 50.6 Å². The summed E-state index contributed by atoms with van der Waals surface area (Å²) < 4.78 is 80.5. The van der Waals surface area contributed by atoms with Gasteiger partial charge in [-0.25, -0.2) is 8.78 Å². The molecular formula is C29H30ClF5N2O4. The molecule has 3 fully saturated rings. The zero-order valence-electron chi connectivity index (χ0n) is 22.4. The molecule has 1 amide bonds. The van der Waals surface area contributed by atoms with Gasteiger partial charge in [0.25, 0.3) is 5.91 Å². The number of carbonyl (C=O) groups is 2. The molecule has 41 heavy (non-hydrogen) atoms. The van der Waals surface area contributed by atoms with Crippen LogP contribution >= 0.6 is 11.6 Å². The Bertz CT molecular complexity index is 1310. The maximum atomic E-state index is 15.2. The molecule has 0 spiro atoms. The number of piperidine rings is 1. The van der Waals surface area contributed by atoms with E-state index in [2.05, 4.69) is 0 Å². The van der Waals surface area contributed by atoms with E-state index >= 15 is 4.39 Å². The lowest BCUT2D eigenvalue weighted by Crippen LogP contribution is -2.40. The summed E-state index contributed by atoms with van der Waals surface area (Å²) in [6, 6.07) is 3.36. The molecule has 0 unspecified atom stereocenters. The minimum Gasteiger partial charge on any atom is -0.493 e. The number of amides is 1. The molecule has 0 N–H and O–H groups in total. The van der Waals surface area contributed by atoms with Crippen LogP contribution in [-0.4, -0.2) is 60.6 Å². The molecule has 12 heteroatoms. The summed E-state index contributed by atoms with van der Waals surface area (Å²) in [7, 11) is 0. The zero-order chi connectivity index (χ0) is 29.5. The van der Waals surface area contributed by atoms with E-state index in [1.165, 1.54) is 17.0 Å². The average molecular weight is 601 g/mol. The van der Waals surface area contributed by atoms with Crippen LogP contribution in [0.15, 0.2) is 24.3 Å². The highest BCUT2D eigenvalue weighted by Crippen LogP contribution is 2.45. The molecule has 0 bridgehead atoms. The highest BCUT2D eigenvalue weighted by atomic mass is 35.5. The third kappa shape index (κ3) is 6.52. The van der Waals surface area contributed by atoms with Crippen molar-refractivity contribution in [2.45, 2.75) is 63.4 Å². The number of likely N-dealkylation sites (tertiary alicyclic amines) is 1. The van der Waals surface area contributed by atoms with Crippen LogP contribution in [0.1, 0.15) is 65.6 Å². The summed E-state index contributed by atoms with van der Waals surface area (Å²) >= 11 is 5.72. The van der Waals surface area contributed by atoms with Gasteiger partial charge in [-0.15, -0.1) is 0 Å². The smallest absolute Gasteiger partial charge is 0.416 e. The van der Waals surface area contributed by atoms with Crippen LogP contribution in [0.4, 0.5) is 22.0 Å². The van der Waals surface area contributed by atoms with Crippen molar-refractivity contribution in [2.75, 3.05) is 26.4 Å². The first-order chi connectivity index (χ1) is 19.5. The number of carbonyl (C=O) groups excluding carboxylic acids is 2. The second kappa shape index (κ2) is 11.9. The first-order valence-electron chi connectivity index (χ1n) is 13.6. The standard InChI is InChI=1S/C29H30ClF5N2O4/c1-16-25(13-38)37(15-41-16)28(39)22-10-21(18-2-3-18)26(11-24(22)31)40-14-17-4-6-36(7-5-17)12-19-8-20(29(33,34)35)9-23(30)27(19)32/h8-11,13,16-18,25H,2-7,12,14-15H2,1H3/t16-,25-/m1/s1. The lowest BCUT2D eigenvalue weighted by molar-refractivity contribution is -0.137. The molecule has 6 nitrogen and oxygen atoms in total. The Morgan fingerprint density at radius 2 is 1.83 bits per heavy atom. The molecule has 5 rings (SSSR count). The van der Waals surface area contributed by atoms with Gasteiger partial charge in [-0.05, 0) is 81.3 Å². The van der Waals surface area contributed by atoms with E-state index < -0.39 is 46.4 Å². The van der Waals surface area contributed by atoms with Crippen molar-refractivity contribution < 1.29 is 41.0 Å². The molecule has 2 saturated heterocycles. The molecule has 222 valence electrons. The second-order valence-electron chi connectivity index (χ2n) is 11.0. The number of aldehydes is 1. The lowest BCUT2D eigenvalue weighted by Gasteiger charge is -2.32. The fourth-order valence-electron chi connectivity index (χ4n) is 5.43. The summed E-state index contributed by atoms with van der Waals surface area (Å²) in [5, 5.41) is -0.559. The van der Waals surface area contributed by atoms with Crippen LogP contribution in [0.25, 0.3) is 0 Å².